The van der Waals surface area contributed by atoms with Gasteiger partial charge in [-0.05, 0) is 42.4 Å². The van der Waals surface area contributed by atoms with Crippen molar-refractivity contribution in [2.45, 2.75) is 31.7 Å². The molecule has 0 radical (unpaired) electrons. The van der Waals surface area contributed by atoms with E-state index in [1.807, 2.05) is 29.2 Å². The Morgan fingerprint density at radius 1 is 0.969 bits per heavy atom. The van der Waals surface area contributed by atoms with Gasteiger partial charge in [0.1, 0.15) is 5.82 Å². The first-order valence-electron chi connectivity index (χ1n) is 11.6. The van der Waals surface area contributed by atoms with Gasteiger partial charge in [0.15, 0.2) is 0 Å². The highest BCUT2D eigenvalue weighted by molar-refractivity contribution is 5.77. The van der Waals surface area contributed by atoms with Crippen LogP contribution in [0, 0.1) is 5.92 Å². The minimum atomic E-state index is -0.00582. The summed E-state index contributed by atoms with van der Waals surface area (Å²) in [6.07, 6.45) is 2.92. The van der Waals surface area contributed by atoms with Gasteiger partial charge in [-0.3, -0.25) is 19.1 Å². The molecule has 1 aliphatic carbocycles. The number of piperazine rings is 1. The van der Waals surface area contributed by atoms with E-state index in [-0.39, 0.29) is 11.5 Å². The molecule has 2 fully saturated rings. The van der Waals surface area contributed by atoms with E-state index < -0.39 is 0 Å². The fourth-order valence-corrected chi connectivity index (χ4v) is 5.04. The van der Waals surface area contributed by atoms with Crippen LogP contribution in [0.15, 0.2) is 59.4 Å². The Morgan fingerprint density at radius 2 is 1.66 bits per heavy atom. The van der Waals surface area contributed by atoms with Gasteiger partial charge in [-0.25, -0.2) is 4.98 Å². The van der Waals surface area contributed by atoms with Crippen molar-refractivity contribution in [1.82, 2.24) is 19.4 Å². The number of carbonyl (C=O) groups excluding carboxylic acids is 1. The summed E-state index contributed by atoms with van der Waals surface area (Å²) < 4.78 is 1.65. The van der Waals surface area contributed by atoms with Crippen LogP contribution in [0.25, 0.3) is 10.9 Å². The van der Waals surface area contributed by atoms with E-state index in [2.05, 4.69) is 35.2 Å². The summed E-state index contributed by atoms with van der Waals surface area (Å²) in [6, 6.07) is 18.1. The molecule has 2 heterocycles. The van der Waals surface area contributed by atoms with Gasteiger partial charge < -0.3 is 4.90 Å². The van der Waals surface area contributed by atoms with Crippen LogP contribution in [-0.4, -0.2) is 51.4 Å². The second-order valence-electron chi connectivity index (χ2n) is 9.22. The first-order chi connectivity index (χ1) is 15.6. The highest BCUT2D eigenvalue weighted by Gasteiger charge is 2.33. The number of rotatable bonds is 5. The molecular formula is C26H30N4O2. The molecule has 32 heavy (non-hydrogen) atoms. The zero-order chi connectivity index (χ0) is 22.1. The molecule has 3 aromatic rings. The number of para-hydroxylation sites is 1. The molecule has 1 saturated carbocycles. The molecule has 1 aromatic heterocycles. The molecule has 2 aromatic carbocycles. The molecular weight excluding hydrogens is 400 g/mol. The summed E-state index contributed by atoms with van der Waals surface area (Å²) >= 11 is 0. The van der Waals surface area contributed by atoms with Crippen LogP contribution in [0.1, 0.15) is 36.6 Å². The molecule has 2 aliphatic rings. The maximum Gasteiger partial charge on any atom is 0.261 e. The van der Waals surface area contributed by atoms with Gasteiger partial charge in [0.2, 0.25) is 5.91 Å². The highest BCUT2D eigenvalue weighted by Crippen LogP contribution is 2.43. The van der Waals surface area contributed by atoms with Gasteiger partial charge in [0, 0.05) is 39.6 Å². The topological polar surface area (TPSA) is 58.4 Å². The molecule has 0 atom stereocenters. The molecule has 0 N–H and O–H groups in total. The number of fused-ring (bicyclic) bond motifs is 1. The van der Waals surface area contributed by atoms with Gasteiger partial charge in [-0.15, -0.1) is 0 Å². The van der Waals surface area contributed by atoms with Crippen LogP contribution in [0.3, 0.4) is 0 Å². The van der Waals surface area contributed by atoms with Gasteiger partial charge in [-0.1, -0.05) is 42.5 Å². The van der Waals surface area contributed by atoms with Crippen LogP contribution >= 0.6 is 0 Å². The molecule has 1 saturated heterocycles. The Kier molecular flexibility index (Phi) is 5.79. The third-order valence-electron chi connectivity index (χ3n) is 7.14. The average molecular weight is 431 g/mol. The van der Waals surface area contributed by atoms with Crippen molar-refractivity contribution in [1.29, 1.82) is 0 Å². The third-order valence-corrected chi connectivity index (χ3v) is 7.14. The smallest absolute Gasteiger partial charge is 0.261 e. The lowest BCUT2D eigenvalue weighted by molar-refractivity contribution is -0.134. The van der Waals surface area contributed by atoms with Crippen molar-refractivity contribution >= 4 is 16.8 Å². The van der Waals surface area contributed by atoms with Gasteiger partial charge >= 0.3 is 0 Å². The maximum absolute atomic E-state index is 12.8. The molecule has 0 bridgehead atoms. The van der Waals surface area contributed by atoms with E-state index >= 15 is 0 Å². The zero-order valence-corrected chi connectivity index (χ0v) is 18.6. The Balaban J connectivity index is 1.12. The SMILES string of the molecule is Cn1c(CN2CCN(C(=O)CC3CC(c4ccccc4)C3)CC2)nc2ccccc2c1=O. The van der Waals surface area contributed by atoms with E-state index in [1.54, 1.807) is 11.6 Å². The normalized spacial score (nSPS) is 21.5. The predicted molar refractivity (Wildman–Crippen MR) is 125 cm³/mol. The number of hydrogen-bond acceptors (Lipinski definition) is 4. The highest BCUT2D eigenvalue weighted by atomic mass is 16.2. The zero-order valence-electron chi connectivity index (χ0n) is 18.6. The average Bonchev–Trinajstić information content (AvgIpc) is 2.80. The van der Waals surface area contributed by atoms with Crippen molar-refractivity contribution < 1.29 is 4.79 Å². The van der Waals surface area contributed by atoms with E-state index in [0.717, 1.165) is 50.4 Å². The minimum Gasteiger partial charge on any atom is -0.340 e. The second kappa shape index (κ2) is 8.87. The number of amides is 1. The first kappa shape index (κ1) is 20.9. The quantitative estimate of drug-likeness (QED) is 0.624. The molecule has 1 amide bonds. The first-order valence-corrected chi connectivity index (χ1v) is 11.6. The van der Waals surface area contributed by atoms with E-state index in [1.165, 1.54) is 5.56 Å². The molecule has 5 rings (SSSR count). The monoisotopic (exact) mass is 430 g/mol. The fraction of sp³-hybridized carbons (Fsp3) is 0.423. The summed E-state index contributed by atoms with van der Waals surface area (Å²) in [5, 5.41) is 0.652. The Hall–Kier alpha value is -2.99. The Bertz CT molecular complexity index is 1160. The predicted octanol–water partition coefficient (Wildman–Crippen LogP) is 3.16. The van der Waals surface area contributed by atoms with E-state index in [0.29, 0.717) is 30.2 Å². The van der Waals surface area contributed by atoms with Crippen LogP contribution in [-0.2, 0) is 18.4 Å². The lowest BCUT2D eigenvalue weighted by atomic mass is 9.70. The maximum atomic E-state index is 12.8. The van der Waals surface area contributed by atoms with Gasteiger partial charge in [-0.2, -0.15) is 0 Å². The van der Waals surface area contributed by atoms with Crippen LogP contribution < -0.4 is 5.56 Å². The molecule has 0 unspecified atom stereocenters. The minimum absolute atomic E-state index is 0.00582. The van der Waals surface area contributed by atoms with Crippen LogP contribution in [0.4, 0.5) is 0 Å². The molecule has 166 valence electrons. The van der Waals surface area contributed by atoms with Crippen LogP contribution in [0.2, 0.25) is 0 Å². The largest absolute Gasteiger partial charge is 0.340 e. The second-order valence-corrected chi connectivity index (χ2v) is 9.22. The summed E-state index contributed by atoms with van der Waals surface area (Å²) in [5.74, 6) is 2.20. The van der Waals surface area contributed by atoms with Crippen molar-refractivity contribution in [2.24, 2.45) is 13.0 Å². The van der Waals surface area contributed by atoms with Gasteiger partial charge in [0.25, 0.3) is 5.56 Å². The number of nitrogens with zero attached hydrogens (tertiary/aromatic N) is 4. The lowest BCUT2D eigenvalue weighted by Gasteiger charge is -2.39. The van der Waals surface area contributed by atoms with Gasteiger partial charge in [0.05, 0.1) is 17.4 Å². The number of aromatic nitrogens is 2. The fourth-order valence-electron chi connectivity index (χ4n) is 5.04. The summed E-state index contributed by atoms with van der Waals surface area (Å²) in [4.78, 5) is 34.5. The van der Waals surface area contributed by atoms with Crippen molar-refractivity contribution in [2.75, 3.05) is 26.2 Å². The van der Waals surface area contributed by atoms with Crippen molar-refractivity contribution in [3.05, 3.63) is 76.3 Å². The Labute approximate surface area is 188 Å². The summed E-state index contributed by atoms with van der Waals surface area (Å²) in [7, 11) is 1.79. The number of benzene rings is 2. The molecule has 6 nitrogen and oxygen atoms in total. The van der Waals surface area contributed by atoms with Crippen LogP contribution in [0.5, 0.6) is 0 Å². The molecule has 0 spiro atoms. The van der Waals surface area contributed by atoms with E-state index in [4.69, 9.17) is 4.98 Å². The van der Waals surface area contributed by atoms with Crippen molar-refractivity contribution in [3.8, 4) is 0 Å². The van der Waals surface area contributed by atoms with Crippen molar-refractivity contribution in [3.63, 3.8) is 0 Å². The van der Waals surface area contributed by atoms with E-state index in [9.17, 15) is 9.59 Å². The molecule has 1 aliphatic heterocycles. The lowest BCUT2D eigenvalue weighted by Crippen LogP contribution is -2.49. The number of hydrogen-bond donors (Lipinski definition) is 0. The Morgan fingerprint density at radius 3 is 2.41 bits per heavy atom. The summed E-state index contributed by atoms with van der Waals surface area (Å²) in [5.41, 5.74) is 2.14. The summed E-state index contributed by atoms with van der Waals surface area (Å²) in [6.45, 7) is 3.74. The standard InChI is InChI=1S/C26H30N4O2/c1-28-24(27-23-10-6-5-9-22(23)26(28)32)18-29-11-13-30(14-12-29)25(31)17-19-15-21(16-19)20-7-3-2-4-8-20/h2-10,19,21H,11-18H2,1H3. The number of carbonyl (C=O) groups is 1. The third kappa shape index (κ3) is 4.19. The molecule has 6 heteroatoms.